The van der Waals surface area contributed by atoms with Crippen LogP contribution >= 0.6 is 23.2 Å². The topological polar surface area (TPSA) is 65.4 Å². The van der Waals surface area contributed by atoms with Gasteiger partial charge in [-0.2, -0.15) is 0 Å². The Morgan fingerprint density at radius 3 is 1.47 bits per heavy atom. The van der Waals surface area contributed by atoms with E-state index in [1.165, 1.54) is 0 Å². The summed E-state index contributed by atoms with van der Waals surface area (Å²) in [5, 5.41) is 22.1. The van der Waals surface area contributed by atoms with E-state index in [0.717, 1.165) is 48.8 Å². The smallest absolute Gasteiger partial charge is 0.122 e. The van der Waals surface area contributed by atoms with Crippen molar-refractivity contribution in [2.75, 3.05) is 52.5 Å². The molecular weight excluding hydrogens is 451 g/mol. The Kier molecular flexibility index (Phi) is 9.46. The molecule has 3 rings (SSSR count). The fourth-order valence-corrected chi connectivity index (χ4v) is 4.23. The fraction of sp³-hybridized carbons (Fsp3) is 0.500. The minimum atomic E-state index is -0.571. The van der Waals surface area contributed by atoms with Crippen LogP contribution in [0.25, 0.3) is 0 Å². The molecule has 32 heavy (non-hydrogen) atoms. The summed E-state index contributed by atoms with van der Waals surface area (Å²) >= 11 is 11.9. The van der Waals surface area contributed by atoms with E-state index in [9.17, 15) is 10.2 Å². The molecule has 1 heterocycles. The van der Waals surface area contributed by atoms with Gasteiger partial charge < -0.3 is 19.7 Å². The maximum Gasteiger partial charge on any atom is 0.122 e. The third kappa shape index (κ3) is 7.80. The van der Waals surface area contributed by atoms with Crippen molar-refractivity contribution in [3.05, 3.63) is 57.6 Å². The third-order valence-corrected chi connectivity index (χ3v) is 6.01. The number of β-amino-alcohol motifs (C(OH)–C–C–N with tert-alkyl or cyclic N) is 2. The highest BCUT2D eigenvalue weighted by atomic mass is 35.5. The van der Waals surface area contributed by atoms with Gasteiger partial charge in [0.1, 0.15) is 36.9 Å². The molecule has 0 radical (unpaired) electrons. The second kappa shape index (κ2) is 12.1. The van der Waals surface area contributed by atoms with Crippen LogP contribution in [0, 0.1) is 13.8 Å². The Hall–Kier alpha value is -1.54. The van der Waals surface area contributed by atoms with Gasteiger partial charge in [0.05, 0.1) is 0 Å². The lowest BCUT2D eigenvalue weighted by atomic mass is 10.2. The third-order valence-electron chi connectivity index (χ3n) is 5.54. The molecule has 6 nitrogen and oxygen atoms in total. The summed E-state index contributed by atoms with van der Waals surface area (Å²) in [5.41, 5.74) is 1.90. The molecule has 2 aromatic rings. The molecule has 0 saturated carbocycles. The molecule has 2 N–H and O–H groups in total. The molecule has 1 saturated heterocycles. The number of ether oxygens (including phenoxy) is 2. The van der Waals surface area contributed by atoms with E-state index < -0.39 is 12.2 Å². The Labute approximate surface area is 200 Å². The van der Waals surface area contributed by atoms with Crippen molar-refractivity contribution in [1.82, 2.24) is 9.80 Å². The second-order valence-corrected chi connectivity index (χ2v) is 9.22. The molecule has 0 unspecified atom stereocenters. The first-order valence-electron chi connectivity index (χ1n) is 10.9. The van der Waals surface area contributed by atoms with Crippen molar-refractivity contribution in [3.8, 4) is 11.5 Å². The van der Waals surface area contributed by atoms with E-state index in [1.807, 2.05) is 38.1 Å². The van der Waals surface area contributed by atoms with Gasteiger partial charge >= 0.3 is 0 Å². The number of hydrogen-bond acceptors (Lipinski definition) is 6. The van der Waals surface area contributed by atoms with Gasteiger partial charge in [-0.05, 0) is 61.4 Å². The van der Waals surface area contributed by atoms with Crippen LogP contribution in [0.3, 0.4) is 0 Å². The number of aliphatic hydroxyl groups is 2. The van der Waals surface area contributed by atoms with E-state index in [-0.39, 0.29) is 13.2 Å². The molecule has 0 aromatic heterocycles. The Morgan fingerprint density at radius 2 is 1.12 bits per heavy atom. The van der Waals surface area contributed by atoms with Crippen LogP contribution in [0.5, 0.6) is 11.5 Å². The molecule has 176 valence electrons. The van der Waals surface area contributed by atoms with Gasteiger partial charge in [0, 0.05) is 49.3 Å². The normalized spacial score (nSPS) is 17.2. The van der Waals surface area contributed by atoms with E-state index in [0.29, 0.717) is 23.1 Å². The average molecular weight is 483 g/mol. The second-order valence-electron chi connectivity index (χ2n) is 8.35. The summed E-state index contributed by atoms with van der Waals surface area (Å²) in [6, 6.07) is 10.9. The highest BCUT2D eigenvalue weighted by Gasteiger charge is 2.21. The molecule has 0 spiro atoms. The minimum Gasteiger partial charge on any atom is -0.491 e. The summed E-state index contributed by atoms with van der Waals surface area (Å²) in [6.45, 7) is 8.80. The lowest BCUT2D eigenvalue weighted by Gasteiger charge is -2.36. The number of piperazine rings is 1. The predicted molar refractivity (Wildman–Crippen MR) is 128 cm³/mol. The Bertz CT molecular complexity index is 804. The monoisotopic (exact) mass is 482 g/mol. The number of benzene rings is 2. The van der Waals surface area contributed by atoms with Gasteiger partial charge in [-0.3, -0.25) is 9.80 Å². The summed E-state index contributed by atoms with van der Waals surface area (Å²) in [5.74, 6) is 1.48. The zero-order valence-corrected chi connectivity index (χ0v) is 20.1. The van der Waals surface area contributed by atoms with Crippen molar-refractivity contribution >= 4 is 23.2 Å². The quantitative estimate of drug-likeness (QED) is 0.540. The first-order chi connectivity index (χ1) is 15.3. The highest BCUT2D eigenvalue weighted by molar-refractivity contribution is 6.31. The molecule has 2 aromatic carbocycles. The average Bonchev–Trinajstić information content (AvgIpc) is 2.74. The molecule has 1 fully saturated rings. The molecule has 1 aliphatic heterocycles. The van der Waals surface area contributed by atoms with Crippen molar-refractivity contribution in [1.29, 1.82) is 0 Å². The summed E-state index contributed by atoms with van der Waals surface area (Å²) in [7, 11) is 0. The molecule has 1 aliphatic rings. The molecular formula is C24H32Cl2N2O4. The van der Waals surface area contributed by atoms with Crippen LogP contribution in [0.2, 0.25) is 10.0 Å². The number of rotatable bonds is 10. The first-order valence-corrected chi connectivity index (χ1v) is 11.6. The van der Waals surface area contributed by atoms with Crippen LogP contribution in [0.1, 0.15) is 11.1 Å². The zero-order chi connectivity index (χ0) is 23.1. The number of aryl methyl sites for hydroxylation is 2. The van der Waals surface area contributed by atoms with Gasteiger partial charge in [0.2, 0.25) is 0 Å². The predicted octanol–water partition coefficient (Wildman–Crippen LogP) is 3.41. The summed E-state index contributed by atoms with van der Waals surface area (Å²) < 4.78 is 11.5. The summed E-state index contributed by atoms with van der Waals surface area (Å²) in [4.78, 5) is 4.44. The van der Waals surface area contributed by atoms with Crippen LogP contribution < -0.4 is 9.47 Å². The lowest BCUT2D eigenvalue weighted by Crippen LogP contribution is -2.51. The molecule has 8 heteroatoms. The number of halogens is 2. The van der Waals surface area contributed by atoms with Crippen LogP contribution in [-0.4, -0.2) is 84.7 Å². The number of hydrogen-bond donors (Lipinski definition) is 2. The lowest BCUT2D eigenvalue weighted by molar-refractivity contribution is 0.0239. The maximum atomic E-state index is 10.4. The van der Waals surface area contributed by atoms with Crippen molar-refractivity contribution in [2.24, 2.45) is 0 Å². The van der Waals surface area contributed by atoms with Crippen LogP contribution in [0.15, 0.2) is 36.4 Å². The van der Waals surface area contributed by atoms with Crippen molar-refractivity contribution in [3.63, 3.8) is 0 Å². The summed E-state index contributed by atoms with van der Waals surface area (Å²) in [6.07, 6.45) is -1.14. The van der Waals surface area contributed by atoms with Gasteiger partial charge in [-0.25, -0.2) is 0 Å². The molecule has 2 atom stereocenters. The number of aliphatic hydroxyl groups excluding tert-OH is 2. The molecule has 0 bridgehead atoms. The van der Waals surface area contributed by atoms with E-state index in [1.54, 1.807) is 12.1 Å². The van der Waals surface area contributed by atoms with Gasteiger partial charge in [-0.1, -0.05) is 23.2 Å². The first kappa shape index (κ1) is 25.1. The van der Waals surface area contributed by atoms with Crippen LogP contribution in [0.4, 0.5) is 0 Å². The standard InChI is InChI=1S/C24H32Cl2N2O4/c1-17-11-19(25)3-5-23(17)31-15-21(29)13-27-7-9-28(10-8-27)14-22(30)16-32-24-6-4-20(26)12-18(24)2/h3-6,11-12,21-22,29-30H,7-10,13-16H2,1-2H3/t21-,22+. The van der Waals surface area contributed by atoms with Crippen molar-refractivity contribution < 1.29 is 19.7 Å². The van der Waals surface area contributed by atoms with Crippen molar-refractivity contribution in [2.45, 2.75) is 26.1 Å². The van der Waals surface area contributed by atoms with E-state index >= 15 is 0 Å². The van der Waals surface area contributed by atoms with E-state index in [4.69, 9.17) is 32.7 Å². The minimum absolute atomic E-state index is 0.239. The molecule has 0 amide bonds. The van der Waals surface area contributed by atoms with Gasteiger partial charge in [0.15, 0.2) is 0 Å². The molecule has 0 aliphatic carbocycles. The fourth-order valence-electron chi connectivity index (χ4n) is 3.78. The number of nitrogens with zero attached hydrogens (tertiary/aromatic N) is 2. The van der Waals surface area contributed by atoms with Gasteiger partial charge in [-0.15, -0.1) is 0 Å². The highest BCUT2D eigenvalue weighted by Crippen LogP contribution is 2.23. The SMILES string of the molecule is Cc1cc(Cl)ccc1OC[C@@H](O)CN1CCN(C[C@@H](O)COc2ccc(Cl)cc2C)CC1. The zero-order valence-electron chi connectivity index (χ0n) is 18.6. The van der Waals surface area contributed by atoms with Gasteiger partial charge in [0.25, 0.3) is 0 Å². The maximum absolute atomic E-state index is 10.4. The van der Waals surface area contributed by atoms with Crippen LogP contribution in [-0.2, 0) is 0 Å². The Balaban J connectivity index is 1.33. The van der Waals surface area contributed by atoms with E-state index in [2.05, 4.69) is 9.80 Å². The Morgan fingerprint density at radius 1 is 0.750 bits per heavy atom. The largest absolute Gasteiger partial charge is 0.491 e.